The van der Waals surface area contributed by atoms with Gasteiger partial charge in [0.15, 0.2) is 0 Å². The van der Waals surface area contributed by atoms with Gasteiger partial charge in [-0.25, -0.2) is 0 Å². The molecule has 1 heterocycles. The van der Waals surface area contributed by atoms with Crippen LogP contribution in [0, 0.1) is 5.92 Å². The molecule has 0 bridgehead atoms. The lowest BCUT2D eigenvalue weighted by Crippen LogP contribution is -2.36. The molecule has 3 N–H and O–H groups in total. The van der Waals surface area contributed by atoms with Gasteiger partial charge in [0, 0.05) is 19.7 Å². The van der Waals surface area contributed by atoms with Crippen molar-refractivity contribution in [2.24, 2.45) is 5.92 Å². The van der Waals surface area contributed by atoms with Crippen molar-refractivity contribution in [3.05, 3.63) is 0 Å². The quantitative estimate of drug-likeness (QED) is 0.543. The predicted molar refractivity (Wildman–Crippen MR) is 74.1 cm³/mol. The van der Waals surface area contributed by atoms with Crippen LogP contribution in [0.3, 0.4) is 0 Å². The molecule has 0 amide bonds. The van der Waals surface area contributed by atoms with E-state index in [4.69, 9.17) is 9.47 Å². The maximum Gasteiger partial charge on any atom is 0.0897 e. The molecule has 5 heteroatoms. The summed E-state index contributed by atoms with van der Waals surface area (Å²) >= 11 is 0. The van der Waals surface area contributed by atoms with Crippen LogP contribution in [-0.2, 0) is 9.47 Å². The molecule has 0 spiro atoms. The van der Waals surface area contributed by atoms with Crippen LogP contribution in [0.2, 0.25) is 0 Å². The van der Waals surface area contributed by atoms with Crippen molar-refractivity contribution in [3.8, 4) is 0 Å². The van der Waals surface area contributed by atoms with Gasteiger partial charge in [-0.15, -0.1) is 0 Å². The summed E-state index contributed by atoms with van der Waals surface area (Å²) in [6.07, 6.45) is 2.25. The Morgan fingerprint density at radius 1 is 1.26 bits per heavy atom. The van der Waals surface area contributed by atoms with Crippen LogP contribution in [0.15, 0.2) is 0 Å². The molecule has 0 aromatic heterocycles. The van der Waals surface area contributed by atoms with Gasteiger partial charge in [-0.3, -0.25) is 0 Å². The molecule has 0 radical (unpaired) electrons. The number of aliphatic hydroxyl groups excluding tert-OH is 2. The second-order valence-corrected chi connectivity index (χ2v) is 5.77. The summed E-state index contributed by atoms with van der Waals surface area (Å²) < 4.78 is 10.9. The SMILES string of the molecule is CC(C)CC(O)CNCC(O)COCC1CCCO1. The predicted octanol–water partition coefficient (Wildman–Crippen LogP) is 0.540. The molecular formula is C14H29NO4. The summed E-state index contributed by atoms with van der Waals surface area (Å²) in [5.74, 6) is 0.483. The van der Waals surface area contributed by atoms with E-state index in [-0.39, 0.29) is 12.2 Å². The molecule has 5 nitrogen and oxygen atoms in total. The molecule has 0 aromatic carbocycles. The lowest BCUT2D eigenvalue weighted by Gasteiger charge is -2.17. The topological polar surface area (TPSA) is 71.0 Å². The Kier molecular flexibility index (Phi) is 8.57. The molecule has 114 valence electrons. The minimum atomic E-state index is -0.535. The lowest BCUT2D eigenvalue weighted by molar-refractivity contribution is -0.0169. The van der Waals surface area contributed by atoms with Gasteiger partial charge in [-0.1, -0.05) is 13.8 Å². The first kappa shape index (κ1) is 16.9. The molecule has 1 saturated heterocycles. The van der Waals surface area contributed by atoms with E-state index in [1.165, 1.54) is 0 Å². The molecule has 1 rings (SSSR count). The van der Waals surface area contributed by atoms with Crippen molar-refractivity contribution >= 4 is 0 Å². The van der Waals surface area contributed by atoms with Crippen molar-refractivity contribution in [2.45, 2.75) is 51.4 Å². The van der Waals surface area contributed by atoms with E-state index in [1.54, 1.807) is 0 Å². The maximum atomic E-state index is 9.71. The largest absolute Gasteiger partial charge is 0.392 e. The van der Waals surface area contributed by atoms with Crippen LogP contribution >= 0.6 is 0 Å². The van der Waals surface area contributed by atoms with E-state index in [1.807, 2.05) is 0 Å². The summed E-state index contributed by atoms with van der Waals surface area (Å²) in [7, 11) is 0. The Morgan fingerprint density at radius 2 is 2.00 bits per heavy atom. The van der Waals surface area contributed by atoms with E-state index < -0.39 is 6.10 Å². The zero-order valence-electron chi connectivity index (χ0n) is 12.2. The van der Waals surface area contributed by atoms with Crippen LogP contribution in [0.1, 0.15) is 33.1 Å². The molecule has 1 aliphatic heterocycles. The van der Waals surface area contributed by atoms with Gasteiger partial charge in [0.25, 0.3) is 0 Å². The number of aliphatic hydroxyl groups is 2. The molecule has 1 fully saturated rings. The highest BCUT2D eigenvalue weighted by Gasteiger charge is 2.16. The zero-order chi connectivity index (χ0) is 14.1. The third kappa shape index (κ3) is 8.55. The van der Waals surface area contributed by atoms with Gasteiger partial charge in [-0.05, 0) is 25.2 Å². The zero-order valence-corrected chi connectivity index (χ0v) is 12.2. The lowest BCUT2D eigenvalue weighted by atomic mass is 10.1. The van der Waals surface area contributed by atoms with Crippen molar-refractivity contribution in [3.63, 3.8) is 0 Å². The molecule has 0 saturated carbocycles. The average Bonchev–Trinajstić information content (AvgIpc) is 2.81. The molecular weight excluding hydrogens is 246 g/mol. The van der Waals surface area contributed by atoms with Gasteiger partial charge in [0.05, 0.1) is 31.5 Å². The van der Waals surface area contributed by atoms with Crippen LogP contribution in [0.4, 0.5) is 0 Å². The van der Waals surface area contributed by atoms with Gasteiger partial charge in [0.1, 0.15) is 0 Å². The van der Waals surface area contributed by atoms with Gasteiger partial charge >= 0.3 is 0 Å². The number of nitrogens with one attached hydrogen (secondary N) is 1. The van der Waals surface area contributed by atoms with Crippen LogP contribution in [-0.4, -0.2) is 61.4 Å². The van der Waals surface area contributed by atoms with E-state index >= 15 is 0 Å². The minimum absolute atomic E-state index is 0.202. The molecule has 3 unspecified atom stereocenters. The fourth-order valence-corrected chi connectivity index (χ4v) is 2.21. The van der Waals surface area contributed by atoms with Crippen LogP contribution < -0.4 is 5.32 Å². The first-order valence-electron chi connectivity index (χ1n) is 7.34. The summed E-state index contributed by atoms with van der Waals surface area (Å²) in [6, 6.07) is 0. The normalized spacial score (nSPS) is 22.9. The van der Waals surface area contributed by atoms with Crippen molar-refractivity contribution < 1.29 is 19.7 Å². The molecule has 0 aromatic rings. The summed E-state index contributed by atoms with van der Waals surface area (Å²) in [6.45, 7) is 6.82. The van der Waals surface area contributed by atoms with Crippen LogP contribution in [0.5, 0.6) is 0 Å². The Balaban J connectivity index is 1.93. The smallest absolute Gasteiger partial charge is 0.0897 e. The van der Waals surface area contributed by atoms with Crippen molar-refractivity contribution in [1.29, 1.82) is 0 Å². The highest BCUT2D eigenvalue weighted by Crippen LogP contribution is 2.11. The number of rotatable bonds is 10. The minimum Gasteiger partial charge on any atom is -0.392 e. The molecule has 0 aliphatic carbocycles. The standard InChI is InChI=1S/C14H29NO4/c1-11(2)6-12(16)7-15-8-13(17)9-18-10-14-4-3-5-19-14/h11-17H,3-10H2,1-2H3. The Morgan fingerprint density at radius 3 is 2.63 bits per heavy atom. The summed E-state index contributed by atoms with van der Waals surface area (Å²) in [4.78, 5) is 0. The Bertz CT molecular complexity index is 219. The van der Waals surface area contributed by atoms with Gasteiger partial charge in [0.2, 0.25) is 0 Å². The number of hydrogen-bond donors (Lipinski definition) is 3. The van der Waals surface area contributed by atoms with Crippen molar-refractivity contribution in [2.75, 3.05) is 32.9 Å². The summed E-state index contributed by atoms with van der Waals surface area (Å²) in [5.41, 5.74) is 0. The number of ether oxygens (including phenoxy) is 2. The second kappa shape index (κ2) is 9.66. The van der Waals surface area contributed by atoms with Crippen molar-refractivity contribution in [1.82, 2.24) is 5.32 Å². The highest BCUT2D eigenvalue weighted by molar-refractivity contribution is 4.66. The molecule has 19 heavy (non-hydrogen) atoms. The highest BCUT2D eigenvalue weighted by atomic mass is 16.5. The second-order valence-electron chi connectivity index (χ2n) is 5.77. The van der Waals surface area contributed by atoms with E-state index in [2.05, 4.69) is 19.2 Å². The van der Waals surface area contributed by atoms with E-state index in [0.29, 0.717) is 32.2 Å². The Labute approximate surface area is 116 Å². The molecule has 1 aliphatic rings. The first-order chi connectivity index (χ1) is 9.08. The van der Waals surface area contributed by atoms with E-state index in [9.17, 15) is 10.2 Å². The third-order valence-corrected chi connectivity index (χ3v) is 3.14. The van der Waals surface area contributed by atoms with Crippen LogP contribution in [0.25, 0.3) is 0 Å². The van der Waals surface area contributed by atoms with Gasteiger partial charge < -0.3 is 25.0 Å². The first-order valence-corrected chi connectivity index (χ1v) is 7.34. The average molecular weight is 275 g/mol. The monoisotopic (exact) mass is 275 g/mol. The Hall–Kier alpha value is -0.200. The maximum absolute atomic E-state index is 9.71. The fourth-order valence-electron chi connectivity index (χ4n) is 2.21. The van der Waals surface area contributed by atoms with E-state index in [0.717, 1.165) is 25.9 Å². The van der Waals surface area contributed by atoms with Gasteiger partial charge in [-0.2, -0.15) is 0 Å². The summed E-state index contributed by atoms with van der Waals surface area (Å²) in [5, 5.41) is 22.4. The molecule has 3 atom stereocenters. The number of hydrogen-bond acceptors (Lipinski definition) is 5. The third-order valence-electron chi connectivity index (χ3n) is 3.14. The fraction of sp³-hybridized carbons (Fsp3) is 1.00.